The fourth-order valence-electron chi connectivity index (χ4n) is 2.60. The maximum atomic E-state index is 12.7. The molecule has 1 atom stereocenters. The van der Waals surface area contributed by atoms with E-state index in [1.165, 1.54) is 11.1 Å². The largest absolute Gasteiger partial charge is 0.479 e. The van der Waals surface area contributed by atoms with Crippen LogP contribution in [0.5, 0.6) is 0 Å². The van der Waals surface area contributed by atoms with E-state index in [2.05, 4.69) is 5.10 Å². The highest BCUT2D eigenvalue weighted by Gasteiger charge is 2.30. The molecule has 0 unspecified atom stereocenters. The molecule has 2 heterocycles. The van der Waals surface area contributed by atoms with Crippen molar-refractivity contribution in [2.75, 3.05) is 19.7 Å². The third-order valence-corrected chi connectivity index (χ3v) is 3.87. The Kier molecular flexibility index (Phi) is 4.12. The predicted octanol–water partition coefficient (Wildman–Crippen LogP) is 1.11. The van der Waals surface area contributed by atoms with Crippen LogP contribution in [0, 0.1) is 6.92 Å². The minimum atomic E-state index is -1.06. The number of rotatable bonds is 3. The molecule has 0 spiro atoms. The monoisotopic (exact) mass is 315 g/mol. The number of ether oxygens (including phenoxy) is 1. The normalized spacial score (nSPS) is 18.0. The van der Waals surface area contributed by atoms with Crippen molar-refractivity contribution in [3.63, 3.8) is 0 Å². The molecule has 1 aliphatic heterocycles. The van der Waals surface area contributed by atoms with Crippen LogP contribution in [0.2, 0.25) is 0 Å². The zero-order valence-corrected chi connectivity index (χ0v) is 12.7. The van der Waals surface area contributed by atoms with Gasteiger partial charge in [-0.3, -0.25) is 4.79 Å². The first-order valence-electron chi connectivity index (χ1n) is 7.31. The van der Waals surface area contributed by atoms with Gasteiger partial charge in [-0.2, -0.15) is 5.10 Å². The highest BCUT2D eigenvalue weighted by molar-refractivity contribution is 5.95. The summed E-state index contributed by atoms with van der Waals surface area (Å²) in [5, 5.41) is 13.3. The standard InChI is InChI=1S/C16H17N3O4/c1-11-13(9-17-19(11)12-5-3-2-4-6-12)15(20)18-7-8-23-14(10-18)16(21)22/h2-6,9,14H,7-8,10H2,1H3,(H,21,22)/t14-/m0/s1. The zero-order valence-electron chi connectivity index (χ0n) is 12.7. The van der Waals surface area contributed by atoms with E-state index in [0.717, 1.165) is 11.4 Å². The number of aliphatic carboxylic acids is 1. The summed E-state index contributed by atoms with van der Waals surface area (Å²) >= 11 is 0. The Balaban J connectivity index is 1.83. The van der Waals surface area contributed by atoms with E-state index in [-0.39, 0.29) is 19.1 Å². The molecule has 1 amide bonds. The van der Waals surface area contributed by atoms with Crippen LogP contribution in [0.15, 0.2) is 36.5 Å². The van der Waals surface area contributed by atoms with Gasteiger partial charge in [-0.15, -0.1) is 0 Å². The van der Waals surface area contributed by atoms with Gasteiger partial charge in [0.1, 0.15) is 0 Å². The molecule has 1 aliphatic rings. The van der Waals surface area contributed by atoms with Crippen LogP contribution in [0.25, 0.3) is 5.69 Å². The van der Waals surface area contributed by atoms with Gasteiger partial charge >= 0.3 is 5.97 Å². The quantitative estimate of drug-likeness (QED) is 0.917. The number of hydrogen-bond donors (Lipinski definition) is 1. The van der Waals surface area contributed by atoms with E-state index in [0.29, 0.717) is 12.1 Å². The van der Waals surface area contributed by atoms with Crippen molar-refractivity contribution in [3.8, 4) is 5.69 Å². The summed E-state index contributed by atoms with van der Waals surface area (Å²) in [7, 11) is 0. The van der Waals surface area contributed by atoms with E-state index >= 15 is 0 Å². The van der Waals surface area contributed by atoms with Crippen LogP contribution in [-0.2, 0) is 9.53 Å². The zero-order chi connectivity index (χ0) is 16.4. The Morgan fingerprint density at radius 1 is 1.30 bits per heavy atom. The molecule has 0 radical (unpaired) electrons. The lowest BCUT2D eigenvalue weighted by molar-refractivity contribution is -0.154. The Morgan fingerprint density at radius 2 is 2.04 bits per heavy atom. The number of amides is 1. The minimum Gasteiger partial charge on any atom is -0.479 e. The number of nitrogens with zero attached hydrogens (tertiary/aromatic N) is 3. The second-order valence-electron chi connectivity index (χ2n) is 5.34. The first-order chi connectivity index (χ1) is 11.1. The summed E-state index contributed by atoms with van der Waals surface area (Å²) in [5.41, 5.74) is 2.06. The molecule has 1 N–H and O–H groups in total. The Bertz CT molecular complexity index is 726. The van der Waals surface area contributed by atoms with Crippen molar-refractivity contribution in [3.05, 3.63) is 47.8 Å². The van der Waals surface area contributed by atoms with E-state index in [1.54, 1.807) is 4.68 Å². The molecule has 3 rings (SSSR count). The highest BCUT2D eigenvalue weighted by atomic mass is 16.5. The smallest absolute Gasteiger partial charge is 0.334 e. The van der Waals surface area contributed by atoms with Gasteiger partial charge in [0.25, 0.3) is 5.91 Å². The molecule has 1 aromatic heterocycles. The van der Waals surface area contributed by atoms with Gasteiger partial charge in [0.05, 0.1) is 36.3 Å². The summed E-state index contributed by atoms with van der Waals surface area (Å²) in [4.78, 5) is 25.2. The van der Waals surface area contributed by atoms with E-state index in [1.807, 2.05) is 37.3 Å². The van der Waals surface area contributed by atoms with Crippen LogP contribution < -0.4 is 0 Å². The van der Waals surface area contributed by atoms with Gasteiger partial charge in [0, 0.05) is 6.54 Å². The molecule has 0 aliphatic carbocycles. The van der Waals surface area contributed by atoms with Gasteiger partial charge in [-0.1, -0.05) is 18.2 Å². The molecule has 1 fully saturated rings. The van der Waals surface area contributed by atoms with Crippen LogP contribution in [0.4, 0.5) is 0 Å². The average molecular weight is 315 g/mol. The van der Waals surface area contributed by atoms with Crippen molar-refractivity contribution in [1.82, 2.24) is 14.7 Å². The maximum absolute atomic E-state index is 12.7. The first-order valence-corrected chi connectivity index (χ1v) is 7.31. The van der Waals surface area contributed by atoms with Crippen LogP contribution >= 0.6 is 0 Å². The predicted molar refractivity (Wildman–Crippen MR) is 81.6 cm³/mol. The average Bonchev–Trinajstić information content (AvgIpc) is 2.96. The third kappa shape index (κ3) is 2.95. The summed E-state index contributed by atoms with van der Waals surface area (Å²) in [6, 6.07) is 9.52. The Labute approximate surface area is 133 Å². The minimum absolute atomic E-state index is 0.0458. The molecule has 7 heteroatoms. The Morgan fingerprint density at radius 3 is 2.74 bits per heavy atom. The molecule has 2 aromatic rings. The molecule has 120 valence electrons. The number of para-hydroxylation sites is 1. The van der Waals surface area contributed by atoms with Crippen molar-refractivity contribution < 1.29 is 19.4 Å². The fourth-order valence-corrected chi connectivity index (χ4v) is 2.60. The maximum Gasteiger partial charge on any atom is 0.334 e. The van der Waals surface area contributed by atoms with Gasteiger partial charge in [-0.05, 0) is 19.1 Å². The van der Waals surface area contributed by atoms with Crippen molar-refractivity contribution >= 4 is 11.9 Å². The molecule has 7 nitrogen and oxygen atoms in total. The SMILES string of the molecule is Cc1c(C(=O)N2CCO[C@H](C(=O)O)C2)cnn1-c1ccccc1. The molecule has 0 saturated carbocycles. The van der Waals surface area contributed by atoms with Gasteiger partial charge < -0.3 is 14.7 Å². The van der Waals surface area contributed by atoms with Crippen LogP contribution in [-0.4, -0.2) is 57.5 Å². The molecule has 1 saturated heterocycles. The summed E-state index contributed by atoms with van der Waals surface area (Å²) in [5.74, 6) is -1.28. The molecule has 0 bridgehead atoms. The third-order valence-electron chi connectivity index (χ3n) is 3.87. The second kappa shape index (κ2) is 6.21. The second-order valence-corrected chi connectivity index (χ2v) is 5.34. The lowest BCUT2D eigenvalue weighted by atomic mass is 10.2. The topological polar surface area (TPSA) is 84.7 Å². The number of carbonyl (C=O) groups is 2. The molecule has 1 aromatic carbocycles. The van der Waals surface area contributed by atoms with Gasteiger partial charge in [-0.25, -0.2) is 9.48 Å². The fraction of sp³-hybridized carbons (Fsp3) is 0.312. The van der Waals surface area contributed by atoms with Crippen LogP contribution in [0.1, 0.15) is 16.1 Å². The number of hydrogen-bond acceptors (Lipinski definition) is 4. The number of morpholine rings is 1. The van der Waals surface area contributed by atoms with E-state index < -0.39 is 12.1 Å². The molecule has 23 heavy (non-hydrogen) atoms. The summed E-state index contributed by atoms with van der Waals surface area (Å²) in [6.45, 7) is 2.46. The van der Waals surface area contributed by atoms with Crippen LogP contribution in [0.3, 0.4) is 0 Å². The van der Waals surface area contributed by atoms with Gasteiger partial charge in [0.15, 0.2) is 6.10 Å². The van der Waals surface area contributed by atoms with Crippen molar-refractivity contribution in [2.45, 2.75) is 13.0 Å². The van der Waals surface area contributed by atoms with Crippen molar-refractivity contribution in [2.24, 2.45) is 0 Å². The molecular formula is C16H17N3O4. The number of carboxylic acid groups (broad SMARTS) is 1. The Hall–Kier alpha value is -2.67. The first kappa shape index (κ1) is 15.2. The van der Waals surface area contributed by atoms with Crippen molar-refractivity contribution in [1.29, 1.82) is 0 Å². The lowest BCUT2D eigenvalue weighted by Crippen LogP contribution is -2.48. The number of carboxylic acids is 1. The van der Waals surface area contributed by atoms with E-state index in [9.17, 15) is 9.59 Å². The number of benzene rings is 1. The summed E-state index contributed by atoms with van der Waals surface area (Å²) in [6.07, 6.45) is 0.549. The number of carbonyl (C=O) groups excluding carboxylic acids is 1. The van der Waals surface area contributed by atoms with E-state index in [4.69, 9.17) is 9.84 Å². The number of aromatic nitrogens is 2. The highest BCUT2D eigenvalue weighted by Crippen LogP contribution is 2.17. The molecular weight excluding hydrogens is 298 g/mol. The lowest BCUT2D eigenvalue weighted by Gasteiger charge is -2.30. The summed E-state index contributed by atoms with van der Waals surface area (Å²) < 4.78 is 6.84. The van der Waals surface area contributed by atoms with Gasteiger partial charge in [0.2, 0.25) is 0 Å².